The van der Waals surface area contributed by atoms with Crippen LogP contribution in [0, 0.1) is 26.2 Å². The van der Waals surface area contributed by atoms with Crippen molar-refractivity contribution in [1.29, 1.82) is 0 Å². The van der Waals surface area contributed by atoms with Gasteiger partial charge in [-0.1, -0.05) is 44.0 Å². The van der Waals surface area contributed by atoms with Crippen LogP contribution in [0.1, 0.15) is 58.2 Å². The van der Waals surface area contributed by atoms with Gasteiger partial charge in [0.15, 0.2) is 5.78 Å². The number of rotatable bonds is 5. The lowest BCUT2D eigenvalue weighted by molar-refractivity contribution is 0.0781. The SMILES string of the molecule is COc1cccc(C(=O)NC(C(=O)c2cc(C)cc(C)c2)C(C)(C)C)c1C. The zero-order valence-electron chi connectivity index (χ0n) is 17.3. The number of amides is 1. The number of carbonyl (C=O) groups is 2. The molecule has 0 fully saturated rings. The maximum absolute atomic E-state index is 13.2. The summed E-state index contributed by atoms with van der Waals surface area (Å²) in [4.78, 5) is 26.2. The number of nitrogens with one attached hydrogen (secondary N) is 1. The van der Waals surface area contributed by atoms with Gasteiger partial charge in [0.25, 0.3) is 5.91 Å². The summed E-state index contributed by atoms with van der Waals surface area (Å²) >= 11 is 0. The molecule has 0 spiro atoms. The van der Waals surface area contributed by atoms with Crippen LogP contribution < -0.4 is 10.1 Å². The van der Waals surface area contributed by atoms with E-state index in [0.717, 1.165) is 16.7 Å². The molecule has 27 heavy (non-hydrogen) atoms. The van der Waals surface area contributed by atoms with E-state index in [1.165, 1.54) is 0 Å². The molecule has 0 aromatic heterocycles. The number of hydrogen-bond donors (Lipinski definition) is 1. The third-order valence-electron chi connectivity index (χ3n) is 4.66. The Balaban J connectivity index is 2.38. The Kier molecular flexibility index (Phi) is 6.09. The van der Waals surface area contributed by atoms with E-state index in [-0.39, 0.29) is 11.7 Å². The van der Waals surface area contributed by atoms with Gasteiger partial charge in [-0.15, -0.1) is 0 Å². The second-order valence-electron chi connectivity index (χ2n) is 8.15. The third-order valence-corrected chi connectivity index (χ3v) is 4.66. The van der Waals surface area contributed by atoms with Gasteiger partial charge in [-0.2, -0.15) is 0 Å². The number of aryl methyl sites for hydroxylation is 2. The minimum absolute atomic E-state index is 0.0804. The molecule has 0 aliphatic heterocycles. The maximum atomic E-state index is 13.2. The molecule has 0 aliphatic rings. The molecule has 0 bridgehead atoms. The van der Waals surface area contributed by atoms with Gasteiger partial charge in [-0.3, -0.25) is 9.59 Å². The van der Waals surface area contributed by atoms with Crippen molar-refractivity contribution in [3.8, 4) is 5.75 Å². The first-order valence-electron chi connectivity index (χ1n) is 9.11. The quantitative estimate of drug-likeness (QED) is 0.783. The van der Waals surface area contributed by atoms with E-state index in [2.05, 4.69) is 5.32 Å². The molecule has 1 unspecified atom stereocenters. The fourth-order valence-electron chi connectivity index (χ4n) is 3.25. The number of benzene rings is 2. The normalized spacial score (nSPS) is 12.4. The van der Waals surface area contributed by atoms with E-state index in [1.54, 1.807) is 19.2 Å². The molecule has 2 aromatic carbocycles. The van der Waals surface area contributed by atoms with Crippen LogP contribution in [0.5, 0.6) is 5.75 Å². The molecular weight excluding hydrogens is 338 g/mol. The molecule has 0 heterocycles. The zero-order chi connectivity index (χ0) is 20.4. The summed E-state index contributed by atoms with van der Waals surface area (Å²) in [7, 11) is 1.57. The highest BCUT2D eigenvalue weighted by Gasteiger charge is 2.34. The molecule has 2 rings (SSSR count). The lowest BCUT2D eigenvalue weighted by Crippen LogP contribution is -2.49. The van der Waals surface area contributed by atoms with E-state index in [4.69, 9.17) is 4.74 Å². The molecule has 1 amide bonds. The predicted molar refractivity (Wildman–Crippen MR) is 109 cm³/mol. The van der Waals surface area contributed by atoms with Crippen LogP contribution >= 0.6 is 0 Å². The lowest BCUT2D eigenvalue weighted by atomic mass is 9.81. The van der Waals surface area contributed by atoms with Gasteiger partial charge >= 0.3 is 0 Å². The number of carbonyl (C=O) groups excluding carboxylic acids is 2. The summed E-state index contributed by atoms with van der Waals surface area (Å²) in [5.41, 5.74) is 3.51. The second-order valence-corrected chi connectivity index (χ2v) is 8.15. The fourth-order valence-corrected chi connectivity index (χ4v) is 3.25. The first-order valence-corrected chi connectivity index (χ1v) is 9.11. The van der Waals surface area contributed by atoms with Crippen molar-refractivity contribution in [3.63, 3.8) is 0 Å². The summed E-state index contributed by atoms with van der Waals surface area (Å²) < 4.78 is 5.30. The molecule has 4 heteroatoms. The molecule has 0 saturated carbocycles. The average molecular weight is 367 g/mol. The highest BCUT2D eigenvalue weighted by atomic mass is 16.5. The first kappa shape index (κ1) is 20.7. The minimum Gasteiger partial charge on any atom is -0.496 e. The van der Waals surface area contributed by atoms with E-state index < -0.39 is 11.5 Å². The Morgan fingerprint density at radius 1 is 1.00 bits per heavy atom. The van der Waals surface area contributed by atoms with Crippen molar-refractivity contribution in [3.05, 3.63) is 64.2 Å². The van der Waals surface area contributed by atoms with Crippen LogP contribution in [0.25, 0.3) is 0 Å². The molecular formula is C23H29NO3. The summed E-state index contributed by atoms with van der Waals surface area (Å²) in [6.45, 7) is 11.6. The highest BCUT2D eigenvalue weighted by molar-refractivity contribution is 6.05. The third kappa shape index (κ3) is 4.76. The molecule has 1 N–H and O–H groups in total. The van der Waals surface area contributed by atoms with Crippen molar-refractivity contribution >= 4 is 11.7 Å². The van der Waals surface area contributed by atoms with E-state index in [9.17, 15) is 9.59 Å². The topological polar surface area (TPSA) is 55.4 Å². The Bertz CT molecular complexity index is 842. The molecule has 2 aromatic rings. The summed E-state index contributed by atoms with van der Waals surface area (Å²) in [6.07, 6.45) is 0. The van der Waals surface area contributed by atoms with Crippen LogP contribution in [0.4, 0.5) is 0 Å². The lowest BCUT2D eigenvalue weighted by Gasteiger charge is -2.31. The highest BCUT2D eigenvalue weighted by Crippen LogP contribution is 2.26. The number of ketones is 1. The van der Waals surface area contributed by atoms with Crippen LogP contribution in [-0.2, 0) is 0 Å². The van der Waals surface area contributed by atoms with Crippen LogP contribution in [0.15, 0.2) is 36.4 Å². The van der Waals surface area contributed by atoms with Crippen LogP contribution in [0.3, 0.4) is 0 Å². The Morgan fingerprint density at radius 3 is 2.11 bits per heavy atom. The van der Waals surface area contributed by atoms with Gasteiger partial charge in [-0.25, -0.2) is 0 Å². The fraction of sp³-hybridized carbons (Fsp3) is 0.391. The van der Waals surface area contributed by atoms with Crippen molar-refractivity contribution in [2.45, 2.75) is 47.6 Å². The maximum Gasteiger partial charge on any atom is 0.252 e. The van der Waals surface area contributed by atoms with Crippen molar-refractivity contribution < 1.29 is 14.3 Å². The molecule has 0 aliphatic carbocycles. The largest absolute Gasteiger partial charge is 0.496 e. The first-order chi connectivity index (χ1) is 12.5. The Labute approximate surface area is 161 Å². The summed E-state index contributed by atoms with van der Waals surface area (Å²) in [6, 6.07) is 10.5. The second kappa shape index (κ2) is 7.95. The molecule has 1 atom stereocenters. The van der Waals surface area contributed by atoms with Gasteiger partial charge in [-0.05, 0) is 50.5 Å². The minimum atomic E-state index is -0.642. The van der Waals surface area contributed by atoms with Gasteiger partial charge < -0.3 is 10.1 Å². The van der Waals surface area contributed by atoms with Gasteiger partial charge in [0.05, 0.1) is 13.2 Å². The predicted octanol–water partition coefficient (Wildman–Crippen LogP) is 4.65. The smallest absolute Gasteiger partial charge is 0.252 e. The number of ether oxygens (including phenoxy) is 1. The summed E-state index contributed by atoms with van der Waals surface area (Å²) in [5.74, 6) is 0.294. The molecule has 4 nitrogen and oxygen atoms in total. The molecule has 0 radical (unpaired) electrons. The van der Waals surface area contributed by atoms with Crippen molar-refractivity contribution in [2.24, 2.45) is 5.41 Å². The van der Waals surface area contributed by atoms with Gasteiger partial charge in [0, 0.05) is 16.7 Å². The van der Waals surface area contributed by atoms with Gasteiger partial charge in [0.1, 0.15) is 5.75 Å². The Hall–Kier alpha value is -2.62. The van der Waals surface area contributed by atoms with E-state index in [0.29, 0.717) is 16.9 Å². The number of Topliss-reactive ketones (excluding diaryl/α,β-unsaturated/α-hetero) is 1. The van der Waals surface area contributed by atoms with Crippen molar-refractivity contribution in [2.75, 3.05) is 7.11 Å². The molecule has 0 saturated heterocycles. The number of hydrogen-bond acceptors (Lipinski definition) is 3. The van der Waals surface area contributed by atoms with E-state index >= 15 is 0 Å². The van der Waals surface area contributed by atoms with Crippen molar-refractivity contribution in [1.82, 2.24) is 5.32 Å². The van der Waals surface area contributed by atoms with Crippen LogP contribution in [0.2, 0.25) is 0 Å². The van der Waals surface area contributed by atoms with E-state index in [1.807, 2.05) is 65.8 Å². The molecule has 144 valence electrons. The van der Waals surface area contributed by atoms with Crippen LogP contribution in [-0.4, -0.2) is 24.8 Å². The Morgan fingerprint density at radius 2 is 1.59 bits per heavy atom. The average Bonchev–Trinajstić information content (AvgIpc) is 2.57. The monoisotopic (exact) mass is 367 g/mol. The standard InChI is InChI=1S/C23H29NO3/c1-14-11-15(2)13-17(12-14)20(25)21(23(4,5)6)24-22(26)18-9-8-10-19(27-7)16(18)3/h8-13,21H,1-7H3,(H,24,26). The zero-order valence-corrected chi connectivity index (χ0v) is 17.3. The number of methoxy groups -OCH3 is 1. The van der Waals surface area contributed by atoms with Gasteiger partial charge in [0.2, 0.25) is 0 Å². The summed E-state index contributed by atoms with van der Waals surface area (Å²) in [5, 5.41) is 2.96.